The molecule has 0 atom stereocenters. The van der Waals surface area contributed by atoms with Gasteiger partial charge in [0, 0.05) is 30.7 Å². The Morgan fingerprint density at radius 3 is 2.31 bits per heavy atom. The molecule has 0 aliphatic carbocycles. The van der Waals surface area contributed by atoms with E-state index in [1.54, 1.807) is 35.0 Å². The van der Waals surface area contributed by atoms with Gasteiger partial charge in [0.1, 0.15) is 0 Å². The Hall–Kier alpha value is -3.47. The van der Waals surface area contributed by atoms with Crippen LogP contribution < -0.4 is 9.67 Å². The number of pyridine rings is 1. The number of hydrogen-bond donors (Lipinski definition) is 0. The second kappa shape index (κ2) is 7.19. The van der Waals surface area contributed by atoms with Crippen LogP contribution in [0.4, 0.5) is 5.69 Å². The van der Waals surface area contributed by atoms with Gasteiger partial charge in [-0.1, -0.05) is 30.3 Å². The molecule has 0 aliphatic heterocycles. The van der Waals surface area contributed by atoms with Crippen LogP contribution in [0.1, 0.15) is 16.8 Å². The molecule has 0 saturated carbocycles. The van der Waals surface area contributed by atoms with Crippen molar-refractivity contribution in [3.05, 3.63) is 93.8 Å². The minimum absolute atomic E-state index is 0.0657. The van der Waals surface area contributed by atoms with Crippen molar-refractivity contribution in [2.45, 2.75) is 13.8 Å². The zero-order chi connectivity index (χ0) is 18.7. The van der Waals surface area contributed by atoms with E-state index in [4.69, 9.17) is 0 Å². The molecule has 0 unspecified atom stereocenters. The first kappa shape index (κ1) is 17.4. The Morgan fingerprint density at radius 1 is 1.04 bits per heavy atom. The third-order valence-electron chi connectivity index (χ3n) is 4.22. The van der Waals surface area contributed by atoms with Crippen molar-refractivity contribution >= 4 is 17.6 Å². The van der Waals surface area contributed by atoms with E-state index in [0.717, 1.165) is 22.4 Å². The van der Waals surface area contributed by atoms with Crippen molar-refractivity contribution < 1.29 is 14.6 Å². The summed E-state index contributed by atoms with van der Waals surface area (Å²) in [6, 6.07) is 17.6. The molecule has 3 rings (SSSR count). The van der Waals surface area contributed by atoms with Gasteiger partial charge in [0.15, 0.2) is 18.1 Å². The fourth-order valence-electron chi connectivity index (χ4n) is 2.79. The van der Waals surface area contributed by atoms with E-state index in [0.29, 0.717) is 5.56 Å². The quantitative estimate of drug-likeness (QED) is 0.314. The van der Waals surface area contributed by atoms with E-state index < -0.39 is 4.92 Å². The average Bonchev–Trinajstić information content (AvgIpc) is 2.65. The molecule has 0 amide bonds. The minimum atomic E-state index is -0.412. The largest absolute Gasteiger partial charge is 0.868 e. The Kier molecular flexibility index (Phi) is 4.80. The van der Waals surface area contributed by atoms with Gasteiger partial charge in [-0.3, -0.25) is 10.1 Å². The summed E-state index contributed by atoms with van der Waals surface area (Å²) in [4.78, 5) is 10.4. The molecule has 0 bridgehead atoms. The van der Waals surface area contributed by atoms with E-state index >= 15 is 0 Å². The van der Waals surface area contributed by atoms with E-state index in [1.165, 1.54) is 12.1 Å². The van der Waals surface area contributed by atoms with Crippen LogP contribution in [0, 0.1) is 24.0 Å². The standard InChI is InChI=1S/C21H18N2O3/c1-15-13-22(14-21(24)18-6-4-3-5-7-18)16(2)12-20(15)17-8-10-19(11-9-17)23(25)26/h3-14H,1-2H3/b21-14-. The molecule has 0 aliphatic rings. The van der Waals surface area contributed by atoms with Gasteiger partial charge in [0.05, 0.1) is 4.92 Å². The Bertz CT molecular complexity index is 978. The molecule has 1 heterocycles. The monoisotopic (exact) mass is 346 g/mol. The van der Waals surface area contributed by atoms with Crippen LogP contribution in [0.3, 0.4) is 0 Å². The van der Waals surface area contributed by atoms with E-state index in [-0.39, 0.29) is 11.4 Å². The number of non-ortho nitro benzene ring substituents is 1. The topological polar surface area (TPSA) is 70.1 Å². The van der Waals surface area contributed by atoms with Gasteiger partial charge in [-0.05, 0) is 41.5 Å². The number of nitro benzene ring substituents is 1. The number of aromatic nitrogens is 1. The van der Waals surface area contributed by atoms with Crippen LogP contribution >= 0.6 is 0 Å². The molecule has 0 spiro atoms. The lowest BCUT2D eigenvalue weighted by atomic mass is 10.0. The second-order valence-corrected chi connectivity index (χ2v) is 6.08. The predicted molar refractivity (Wildman–Crippen MR) is 98.8 cm³/mol. The second-order valence-electron chi connectivity index (χ2n) is 6.08. The Labute approximate surface area is 151 Å². The molecular formula is C21H18N2O3. The summed E-state index contributed by atoms with van der Waals surface area (Å²) in [6.45, 7) is 3.87. The van der Waals surface area contributed by atoms with Gasteiger partial charge in [0.2, 0.25) is 0 Å². The minimum Gasteiger partial charge on any atom is -0.868 e. The molecule has 3 aromatic rings. The van der Waals surface area contributed by atoms with Gasteiger partial charge in [0.25, 0.3) is 5.69 Å². The molecule has 130 valence electrons. The summed E-state index contributed by atoms with van der Waals surface area (Å²) in [6.07, 6.45) is 3.46. The van der Waals surface area contributed by atoms with Crippen molar-refractivity contribution in [3.8, 4) is 11.1 Å². The summed E-state index contributed by atoms with van der Waals surface area (Å²) in [5.74, 6) is -0.0683. The average molecular weight is 346 g/mol. The molecule has 0 radical (unpaired) electrons. The lowest BCUT2D eigenvalue weighted by Crippen LogP contribution is -2.32. The highest BCUT2D eigenvalue weighted by molar-refractivity contribution is 5.68. The molecule has 5 nitrogen and oxygen atoms in total. The van der Waals surface area contributed by atoms with Crippen molar-refractivity contribution in [2.75, 3.05) is 0 Å². The highest BCUT2D eigenvalue weighted by Crippen LogP contribution is 2.25. The predicted octanol–water partition coefficient (Wildman–Crippen LogP) is 3.48. The van der Waals surface area contributed by atoms with Crippen molar-refractivity contribution in [2.24, 2.45) is 0 Å². The third kappa shape index (κ3) is 3.62. The fourth-order valence-corrected chi connectivity index (χ4v) is 2.79. The molecule has 0 N–H and O–H groups in total. The molecule has 26 heavy (non-hydrogen) atoms. The lowest BCUT2D eigenvalue weighted by molar-refractivity contribution is -0.577. The first-order valence-corrected chi connectivity index (χ1v) is 8.17. The SMILES string of the molecule is Cc1c[n+](/C=C(\[O-])c2ccccc2)c(C)cc1-c1ccc([N+](=O)[O-])cc1. The van der Waals surface area contributed by atoms with E-state index in [2.05, 4.69) is 0 Å². The highest BCUT2D eigenvalue weighted by atomic mass is 16.6. The zero-order valence-corrected chi connectivity index (χ0v) is 14.5. The Balaban J connectivity index is 1.97. The van der Waals surface area contributed by atoms with Crippen LogP contribution in [0.5, 0.6) is 0 Å². The number of rotatable bonds is 4. The number of nitrogens with zero attached hydrogens (tertiary/aromatic N) is 2. The maximum absolute atomic E-state index is 12.4. The maximum atomic E-state index is 12.4. The number of aryl methyl sites for hydroxylation is 2. The highest BCUT2D eigenvalue weighted by Gasteiger charge is 2.13. The summed E-state index contributed by atoms with van der Waals surface area (Å²) < 4.78 is 1.81. The van der Waals surface area contributed by atoms with Crippen LogP contribution in [0.15, 0.2) is 66.9 Å². The molecule has 1 aromatic heterocycles. The lowest BCUT2D eigenvalue weighted by Gasteiger charge is -2.11. The Morgan fingerprint density at radius 2 is 1.69 bits per heavy atom. The zero-order valence-electron chi connectivity index (χ0n) is 14.5. The summed E-state index contributed by atoms with van der Waals surface area (Å²) in [5.41, 5.74) is 4.45. The van der Waals surface area contributed by atoms with Crippen LogP contribution in [0.2, 0.25) is 0 Å². The molecule has 0 saturated heterocycles. The summed E-state index contributed by atoms with van der Waals surface area (Å²) in [5, 5.41) is 23.2. The normalized spacial score (nSPS) is 11.4. The molecule has 0 fully saturated rings. The maximum Gasteiger partial charge on any atom is 0.269 e. The van der Waals surface area contributed by atoms with Gasteiger partial charge in [-0.15, -0.1) is 0 Å². The number of hydrogen-bond acceptors (Lipinski definition) is 3. The third-order valence-corrected chi connectivity index (χ3v) is 4.22. The fraction of sp³-hybridized carbons (Fsp3) is 0.0952. The van der Waals surface area contributed by atoms with Gasteiger partial charge < -0.3 is 5.11 Å². The first-order valence-electron chi connectivity index (χ1n) is 8.17. The first-order chi connectivity index (χ1) is 12.5. The van der Waals surface area contributed by atoms with Crippen LogP contribution in [-0.4, -0.2) is 4.92 Å². The van der Waals surface area contributed by atoms with Crippen LogP contribution in [-0.2, 0) is 0 Å². The van der Waals surface area contributed by atoms with Gasteiger partial charge >= 0.3 is 0 Å². The van der Waals surface area contributed by atoms with Crippen molar-refractivity contribution in [1.82, 2.24) is 0 Å². The smallest absolute Gasteiger partial charge is 0.269 e. The van der Waals surface area contributed by atoms with E-state index in [9.17, 15) is 15.2 Å². The molecule has 5 heteroatoms. The molecular weight excluding hydrogens is 328 g/mol. The van der Waals surface area contributed by atoms with Gasteiger partial charge in [-0.2, -0.15) is 4.57 Å². The number of benzene rings is 2. The summed E-state index contributed by atoms with van der Waals surface area (Å²) in [7, 11) is 0. The van der Waals surface area contributed by atoms with E-state index in [1.807, 2.05) is 44.3 Å². The molecule has 2 aromatic carbocycles. The number of nitro groups is 1. The van der Waals surface area contributed by atoms with Crippen molar-refractivity contribution in [3.63, 3.8) is 0 Å². The van der Waals surface area contributed by atoms with Crippen LogP contribution in [0.25, 0.3) is 23.1 Å². The van der Waals surface area contributed by atoms with Crippen molar-refractivity contribution in [1.29, 1.82) is 0 Å². The van der Waals surface area contributed by atoms with Gasteiger partial charge in [-0.25, -0.2) is 0 Å². The summed E-state index contributed by atoms with van der Waals surface area (Å²) >= 11 is 0.